The van der Waals surface area contributed by atoms with Gasteiger partial charge in [0.15, 0.2) is 5.82 Å². The van der Waals surface area contributed by atoms with E-state index in [-0.39, 0.29) is 6.10 Å². The van der Waals surface area contributed by atoms with Gasteiger partial charge in [0, 0.05) is 24.6 Å². The molecule has 136 valence electrons. The van der Waals surface area contributed by atoms with Crippen LogP contribution in [0, 0.1) is 11.3 Å². The molecular formula is C22H21N3O2. The van der Waals surface area contributed by atoms with Gasteiger partial charge in [0.2, 0.25) is 0 Å². The Morgan fingerprint density at radius 1 is 1.41 bits per heavy atom. The van der Waals surface area contributed by atoms with Gasteiger partial charge in [0.05, 0.1) is 23.2 Å². The topological polar surface area (TPSA) is 60.1 Å². The summed E-state index contributed by atoms with van der Waals surface area (Å²) in [5.74, 6) is 2.26. The number of benzene rings is 2. The average molecular weight is 359 g/mol. The molecule has 0 radical (unpaired) electrons. The first kappa shape index (κ1) is 17.2. The van der Waals surface area contributed by atoms with Crippen LogP contribution in [0.15, 0.2) is 36.4 Å². The molecule has 5 nitrogen and oxygen atoms in total. The van der Waals surface area contributed by atoms with Gasteiger partial charge in [-0.3, -0.25) is 0 Å². The minimum absolute atomic E-state index is 0.156. The van der Waals surface area contributed by atoms with Gasteiger partial charge in [0.1, 0.15) is 23.7 Å². The predicted molar refractivity (Wildman–Crippen MR) is 106 cm³/mol. The molecular weight excluding hydrogens is 338 g/mol. The number of hydrogen-bond donors (Lipinski definition) is 0. The quantitative estimate of drug-likeness (QED) is 0.650. The van der Waals surface area contributed by atoms with Crippen LogP contribution in [0.25, 0.3) is 22.7 Å². The SMILES string of the molecule is CCOc1cc2c(cc1/C=C(\C#N)c1nc3ccccc3n1C)OC(C)C2. The minimum Gasteiger partial charge on any atom is -0.493 e. The molecule has 0 bridgehead atoms. The van der Waals surface area contributed by atoms with Crippen molar-refractivity contribution >= 4 is 22.7 Å². The van der Waals surface area contributed by atoms with Crippen LogP contribution in [-0.4, -0.2) is 22.3 Å². The highest BCUT2D eigenvalue weighted by Gasteiger charge is 2.22. The molecule has 27 heavy (non-hydrogen) atoms. The van der Waals surface area contributed by atoms with Crippen LogP contribution in [0.3, 0.4) is 0 Å². The van der Waals surface area contributed by atoms with E-state index in [1.54, 1.807) is 0 Å². The molecule has 1 aromatic heterocycles. The van der Waals surface area contributed by atoms with Crippen molar-refractivity contribution in [3.8, 4) is 17.6 Å². The molecule has 0 amide bonds. The number of ether oxygens (including phenoxy) is 2. The maximum absolute atomic E-state index is 9.80. The fourth-order valence-corrected chi connectivity index (χ4v) is 3.54. The first-order valence-electron chi connectivity index (χ1n) is 9.10. The number of hydrogen-bond acceptors (Lipinski definition) is 4. The first-order valence-corrected chi connectivity index (χ1v) is 9.10. The van der Waals surface area contributed by atoms with Crippen LogP contribution in [0.1, 0.15) is 30.8 Å². The van der Waals surface area contributed by atoms with Crippen LogP contribution in [0.5, 0.6) is 11.5 Å². The molecule has 1 aliphatic heterocycles. The van der Waals surface area contributed by atoms with Gasteiger partial charge >= 0.3 is 0 Å². The van der Waals surface area contributed by atoms with E-state index in [2.05, 4.69) is 18.0 Å². The number of aromatic nitrogens is 2. The summed E-state index contributed by atoms with van der Waals surface area (Å²) >= 11 is 0. The summed E-state index contributed by atoms with van der Waals surface area (Å²) < 4.78 is 13.7. The van der Waals surface area contributed by atoms with Gasteiger partial charge in [-0.1, -0.05) is 12.1 Å². The largest absolute Gasteiger partial charge is 0.493 e. The summed E-state index contributed by atoms with van der Waals surface area (Å²) in [6.45, 7) is 4.57. The third-order valence-electron chi connectivity index (χ3n) is 4.78. The van der Waals surface area contributed by atoms with E-state index in [0.29, 0.717) is 18.0 Å². The molecule has 0 N–H and O–H groups in total. The van der Waals surface area contributed by atoms with Gasteiger partial charge in [-0.2, -0.15) is 5.26 Å². The number of allylic oxidation sites excluding steroid dienone is 1. The molecule has 0 aliphatic carbocycles. The average Bonchev–Trinajstić information content (AvgIpc) is 3.19. The Hall–Kier alpha value is -3.26. The van der Waals surface area contributed by atoms with Crippen molar-refractivity contribution in [1.82, 2.24) is 9.55 Å². The number of imidazole rings is 1. The molecule has 2 aromatic carbocycles. The molecule has 1 atom stereocenters. The number of para-hydroxylation sites is 2. The molecule has 0 saturated carbocycles. The van der Waals surface area contributed by atoms with Crippen molar-refractivity contribution < 1.29 is 9.47 Å². The normalized spacial score (nSPS) is 16.1. The van der Waals surface area contributed by atoms with Gasteiger partial charge < -0.3 is 14.0 Å². The smallest absolute Gasteiger partial charge is 0.151 e. The highest BCUT2D eigenvalue weighted by molar-refractivity contribution is 5.92. The van der Waals surface area contributed by atoms with Crippen molar-refractivity contribution in [1.29, 1.82) is 5.26 Å². The van der Waals surface area contributed by atoms with Crippen LogP contribution < -0.4 is 9.47 Å². The highest BCUT2D eigenvalue weighted by Crippen LogP contribution is 2.37. The van der Waals surface area contributed by atoms with Crippen molar-refractivity contribution in [3.05, 3.63) is 53.3 Å². The zero-order valence-electron chi connectivity index (χ0n) is 15.7. The van der Waals surface area contributed by atoms with E-state index < -0.39 is 0 Å². The summed E-state index contributed by atoms with van der Waals surface area (Å²) in [6.07, 6.45) is 2.86. The van der Waals surface area contributed by atoms with E-state index in [4.69, 9.17) is 9.47 Å². The van der Waals surface area contributed by atoms with Crippen molar-refractivity contribution in [2.45, 2.75) is 26.4 Å². The minimum atomic E-state index is 0.156. The van der Waals surface area contributed by atoms with Crippen LogP contribution in [-0.2, 0) is 13.5 Å². The fraction of sp³-hybridized carbons (Fsp3) is 0.273. The molecule has 0 fully saturated rings. The third kappa shape index (κ3) is 3.04. The first-order chi connectivity index (χ1) is 13.1. The lowest BCUT2D eigenvalue weighted by Gasteiger charge is -2.10. The number of nitriles is 1. The number of rotatable bonds is 4. The van der Waals surface area contributed by atoms with Gasteiger partial charge in [-0.15, -0.1) is 0 Å². The van der Waals surface area contributed by atoms with Crippen molar-refractivity contribution in [2.24, 2.45) is 7.05 Å². The van der Waals surface area contributed by atoms with Gasteiger partial charge in [-0.25, -0.2) is 4.98 Å². The van der Waals surface area contributed by atoms with Crippen LogP contribution >= 0.6 is 0 Å². The highest BCUT2D eigenvalue weighted by atomic mass is 16.5. The van der Waals surface area contributed by atoms with Crippen molar-refractivity contribution in [2.75, 3.05) is 6.61 Å². The second-order valence-electron chi connectivity index (χ2n) is 6.72. The monoisotopic (exact) mass is 359 g/mol. The Morgan fingerprint density at radius 3 is 2.96 bits per heavy atom. The van der Waals surface area contributed by atoms with Gasteiger partial charge in [0.25, 0.3) is 0 Å². The lowest BCUT2D eigenvalue weighted by atomic mass is 10.0. The second-order valence-corrected chi connectivity index (χ2v) is 6.72. The molecule has 3 aromatic rings. The lowest BCUT2D eigenvalue weighted by Crippen LogP contribution is -2.05. The van der Waals surface area contributed by atoms with Crippen molar-refractivity contribution in [3.63, 3.8) is 0 Å². The Bertz CT molecular complexity index is 1090. The summed E-state index contributed by atoms with van der Waals surface area (Å²) in [5.41, 5.74) is 4.32. The molecule has 2 heterocycles. The van der Waals surface area contributed by atoms with Crippen LogP contribution in [0.4, 0.5) is 0 Å². The van der Waals surface area contributed by atoms with Crippen LogP contribution in [0.2, 0.25) is 0 Å². The summed E-state index contributed by atoms with van der Waals surface area (Å²) in [5, 5.41) is 9.80. The van der Waals surface area contributed by atoms with Gasteiger partial charge in [-0.05, 0) is 44.2 Å². The molecule has 1 aliphatic rings. The lowest BCUT2D eigenvalue weighted by molar-refractivity contribution is 0.254. The fourth-order valence-electron chi connectivity index (χ4n) is 3.54. The Morgan fingerprint density at radius 2 is 2.22 bits per heavy atom. The second kappa shape index (κ2) is 6.81. The van der Waals surface area contributed by atoms with E-state index in [1.807, 2.05) is 61.0 Å². The number of aryl methyl sites for hydroxylation is 1. The van der Waals surface area contributed by atoms with E-state index >= 15 is 0 Å². The maximum atomic E-state index is 9.80. The summed E-state index contributed by atoms with van der Waals surface area (Å²) in [7, 11) is 1.92. The Kier molecular flexibility index (Phi) is 4.33. The Balaban J connectivity index is 1.84. The zero-order valence-corrected chi connectivity index (χ0v) is 15.7. The summed E-state index contributed by atoms with van der Waals surface area (Å²) in [4.78, 5) is 4.64. The number of nitrogens with zero attached hydrogens (tertiary/aromatic N) is 3. The molecule has 4 rings (SSSR count). The zero-order chi connectivity index (χ0) is 19.0. The van der Waals surface area contributed by atoms with E-state index in [0.717, 1.165) is 40.1 Å². The third-order valence-corrected chi connectivity index (χ3v) is 4.78. The molecule has 1 unspecified atom stereocenters. The van der Waals surface area contributed by atoms with E-state index in [9.17, 15) is 5.26 Å². The maximum Gasteiger partial charge on any atom is 0.151 e. The summed E-state index contributed by atoms with van der Waals surface area (Å²) in [6, 6.07) is 14.1. The predicted octanol–water partition coefficient (Wildman–Crippen LogP) is 4.36. The number of fused-ring (bicyclic) bond motifs is 2. The Labute approximate surface area is 158 Å². The molecule has 5 heteroatoms. The molecule has 0 spiro atoms. The standard InChI is InChI=1S/C22H21N3O2/c1-4-26-20-11-15-9-14(2)27-21(15)12-16(20)10-17(13-23)22-24-18-7-5-6-8-19(18)25(22)3/h5-8,10-12,14H,4,9H2,1-3H3/b17-10+. The van der Waals surface area contributed by atoms with E-state index in [1.165, 1.54) is 0 Å². The molecule has 0 saturated heterocycles.